The van der Waals surface area contributed by atoms with Crippen LogP contribution in [0.15, 0.2) is 54.4 Å². The highest BCUT2D eigenvalue weighted by Gasteiger charge is 2.17. The highest BCUT2D eigenvalue weighted by Crippen LogP contribution is 2.23. The van der Waals surface area contributed by atoms with Crippen LogP contribution < -0.4 is 10.6 Å². The third kappa shape index (κ3) is 4.14. The molecule has 2 rings (SSSR count). The summed E-state index contributed by atoms with van der Waals surface area (Å²) in [5, 5.41) is 25.2. The Morgan fingerprint density at radius 2 is 2.08 bits per heavy atom. The van der Waals surface area contributed by atoms with Crippen molar-refractivity contribution in [3.05, 3.63) is 70.2 Å². The lowest BCUT2D eigenvalue weighted by molar-refractivity contribution is -0.383. The minimum absolute atomic E-state index is 0.0191. The molecule has 0 unspecified atom stereocenters. The first-order valence-corrected chi connectivity index (χ1v) is 6.85. The molecule has 8 heteroatoms. The van der Waals surface area contributed by atoms with Gasteiger partial charge in [-0.1, -0.05) is 12.1 Å². The van der Waals surface area contributed by atoms with Crippen molar-refractivity contribution in [1.29, 1.82) is 5.26 Å². The quantitative estimate of drug-likeness (QED) is 0.378. The van der Waals surface area contributed by atoms with Gasteiger partial charge in [-0.2, -0.15) is 5.26 Å². The number of hydrogen-bond acceptors (Lipinski definition) is 6. The maximum absolute atomic E-state index is 12.1. The standard InChI is InChI=1S/C16H13N5O3/c1-11-6-7-13(10-18-11)19-9-12(8-17)16(22)20-14-4-2-3-5-15(14)21(23)24/h2-7,9-10,19H,1H3,(H,20,22)/b12-9-. The number of amides is 1. The molecule has 8 nitrogen and oxygen atoms in total. The van der Waals surface area contributed by atoms with Crippen LogP contribution in [0.25, 0.3) is 0 Å². The van der Waals surface area contributed by atoms with Crippen molar-refractivity contribution in [1.82, 2.24) is 4.98 Å². The first-order valence-electron chi connectivity index (χ1n) is 6.85. The minimum Gasteiger partial charge on any atom is -0.359 e. The molecule has 0 aliphatic rings. The van der Waals surface area contributed by atoms with Crippen LogP contribution in [0.3, 0.4) is 0 Å². The molecule has 120 valence electrons. The monoisotopic (exact) mass is 323 g/mol. The molecule has 1 aromatic carbocycles. The molecule has 0 fully saturated rings. The van der Waals surface area contributed by atoms with Crippen molar-refractivity contribution < 1.29 is 9.72 Å². The van der Waals surface area contributed by atoms with Crippen LogP contribution in [0.1, 0.15) is 5.69 Å². The topological polar surface area (TPSA) is 121 Å². The maximum atomic E-state index is 12.1. The second-order valence-corrected chi connectivity index (χ2v) is 4.73. The summed E-state index contributed by atoms with van der Waals surface area (Å²) in [5.41, 5.74) is 0.976. The number of benzene rings is 1. The van der Waals surface area contributed by atoms with E-state index in [1.54, 1.807) is 30.5 Å². The Labute approximate surface area is 137 Å². The molecule has 1 aromatic heterocycles. The highest BCUT2D eigenvalue weighted by molar-refractivity contribution is 6.07. The van der Waals surface area contributed by atoms with E-state index in [1.165, 1.54) is 24.4 Å². The summed E-state index contributed by atoms with van der Waals surface area (Å²) in [6.07, 6.45) is 2.78. The van der Waals surface area contributed by atoms with Crippen LogP contribution in [0, 0.1) is 28.4 Å². The number of carbonyl (C=O) groups is 1. The molecular formula is C16H13N5O3. The molecule has 24 heavy (non-hydrogen) atoms. The molecule has 0 aliphatic carbocycles. The van der Waals surface area contributed by atoms with Crippen molar-refractivity contribution in [2.75, 3.05) is 10.6 Å². The van der Waals surface area contributed by atoms with Gasteiger partial charge in [0, 0.05) is 18.0 Å². The van der Waals surface area contributed by atoms with E-state index in [-0.39, 0.29) is 16.9 Å². The SMILES string of the molecule is Cc1ccc(N/C=C(/C#N)C(=O)Nc2ccccc2[N+](=O)[O-])cn1. The third-order valence-electron chi connectivity index (χ3n) is 3.01. The van der Waals surface area contributed by atoms with Crippen molar-refractivity contribution in [2.45, 2.75) is 6.92 Å². The van der Waals surface area contributed by atoms with Crippen molar-refractivity contribution in [3.8, 4) is 6.07 Å². The van der Waals surface area contributed by atoms with Crippen LogP contribution in [0.5, 0.6) is 0 Å². The van der Waals surface area contributed by atoms with Crippen LogP contribution in [-0.2, 0) is 4.79 Å². The third-order valence-corrected chi connectivity index (χ3v) is 3.01. The van der Waals surface area contributed by atoms with E-state index in [1.807, 2.05) is 6.92 Å². The van der Waals surface area contributed by atoms with Gasteiger partial charge in [-0.05, 0) is 25.1 Å². The predicted molar refractivity (Wildman–Crippen MR) is 88.0 cm³/mol. The van der Waals surface area contributed by atoms with Crippen molar-refractivity contribution >= 4 is 23.0 Å². The highest BCUT2D eigenvalue weighted by atomic mass is 16.6. The van der Waals surface area contributed by atoms with Crippen LogP contribution >= 0.6 is 0 Å². The summed E-state index contributed by atoms with van der Waals surface area (Å²) in [6.45, 7) is 1.83. The summed E-state index contributed by atoms with van der Waals surface area (Å²) >= 11 is 0. The van der Waals surface area contributed by atoms with Gasteiger partial charge in [0.05, 0.1) is 16.8 Å². The Kier molecular flexibility index (Phi) is 5.20. The van der Waals surface area contributed by atoms with Crippen molar-refractivity contribution in [2.24, 2.45) is 0 Å². The van der Waals surface area contributed by atoms with Crippen LogP contribution in [0.2, 0.25) is 0 Å². The zero-order chi connectivity index (χ0) is 17.5. The van der Waals surface area contributed by atoms with E-state index in [0.29, 0.717) is 5.69 Å². The maximum Gasteiger partial charge on any atom is 0.292 e. The lowest BCUT2D eigenvalue weighted by atomic mass is 10.2. The number of anilines is 2. The smallest absolute Gasteiger partial charge is 0.292 e. The van der Waals surface area contributed by atoms with Gasteiger partial charge in [-0.3, -0.25) is 19.9 Å². The fraction of sp³-hybridized carbons (Fsp3) is 0.0625. The van der Waals surface area contributed by atoms with E-state index >= 15 is 0 Å². The molecule has 2 aromatic rings. The zero-order valence-electron chi connectivity index (χ0n) is 12.7. The van der Waals surface area contributed by atoms with Gasteiger partial charge in [0.2, 0.25) is 0 Å². The Balaban J connectivity index is 2.15. The first kappa shape index (κ1) is 16.6. The number of pyridine rings is 1. The fourth-order valence-electron chi connectivity index (χ4n) is 1.79. The van der Waals surface area contributed by atoms with Crippen LogP contribution in [0.4, 0.5) is 17.1 Å². The van der Waals surface area contributed by atoms with Gasteiger partial charge in [-0.25, -0.2) is 0 Å². The number of nitro benzene ring substituents is 1. The molecule has 0 spiro atoms. The van der Waals surface area contributed by atoms with E-state index in [4.69, 9.17) is 5.26 Å². The Morgan fingerprint density at radius 1 is 1.33 bits per heavy atom. The van der Waals surface area contributed by atoms with E-state index in [2.05, 4.69) is 15.6 Å². The average molecular weight is 323 g/mol. The molecule has 0 bridgehead atoms. The molecule has 0 saturated heterocycles. The molecule has 0 aliphatic heterocycles. The van der Waals surface area contributed by atoms with E-state index in [0.717, 1.165) is 5.69 Å². The lowest BCUT2D eigenvalue weighted by Gasteiger charge is -2.06. The van der Waals surface area contributed by atoms with E-state index in [9.17, 15) is 14.9 Å². The fourth-order valence-corrected chi connectivity index (χ4v) is 1.79. The molecule has 1 amide bonds. The Morgan fingerprint density at radius 3 is 2.71 bits per heavy atom. The number of hydrogen-bond donors (Lipinski definition) is 2. The van der Waals surface area contributed by atoms with Gasteiger partial charge in [0.25, 0.3) is 11.6 Å². The largest absolute Gasteiger partial charge is 0.359 e. The van der Waals surface area contributed by atoms with Crippen molar-refractivity contribution in [3.63, 3.8) is 0 Å². The molecule has 0 radical (unpaired) electrons. The summed E-state index contributed by atoms with van der Waals surface area (Å²) in [7, 11) is 0. The summed E-state index contributed by atoms with van der Waals surface area (Å²) in [6, 6.07) is 11.0. The van der Waals surface area contributed by atoms with Gasteiger partial charge in [0.15, 0.2) is 0 Å². The summed E-state index contributed by atoms with van der Waals surface area (Å²) < 4.78 is 0. The lowest BCUT2D eigenvalue weighted by Crippen LogP contribution is -2.15. The number of carbonyl (C=O) groups excluding carboxylic acids is 1. The normalized spacial score (nSPS) is 10.6. The van der Waals surface area contributed by atoms with Gasteiger partial charge in [-0.15, -0.1) is 0 Å². The molecule has 0 atom stereocenters. The summed E-state index contributed by atoms with van der Waals surface area (Å²) in [5.74, 6) is -0.751. The second kappa shape index (κ2) is 7.51. The number of nitriles is 1. The Hall–Kier alpha value is -3.73. The number of nitrogens with one attached hydrogen (secondary N) is 2. The van der Waals surface area contributed by atoms with E-state index < -0.39 is 10.8 Å². The van der Waals surface area contributed by atoms with Gasteiger partial charge in [0.1, 0.15) is 17.3 Å². The number of nitrogens with zero attached hydrogens (tertiary/aromatic N) is 3. The zero-order valence-corrected chi connectivity index (χ0v) is 12.7. The Bertz CT molecular complexity index is 838. The summed E-state index contributed by atoms with van der Waals surface area (Å²) in [4.78, 5) is 26.5. The number of aryl methyl sites for hydroxylation is 1. The predicted octanol–water partition coefficient (Wildman–Crippen LogP) is 2.76. The number of para-hydroxylation sites is 2. The minimum atomic E-state index is -0.751. The second-order valence-electron chi connectivity index (χ2n) is 4.73. The average Bonchev–Trinajstić information content (AvgIpc) is 2.57. The number of nitro groups is 1. The van der Waals surface area contributed by atoms with Crippen LogP contribution in [-0.4, -0.2) is 15.8 Å². The molecule has 1 heterocycles. The first-order chi connectivity index (χ1) is 11.5. The molecule has 0 saturated carbocycles. The number of rotatable bonds is 5. The number of aromatic nitrogens is 1. The van der Waals surface area contributed by atoms with Gasteiger partial charge < -0.3 is 10.6 Å². The molecular weight excluding hydrogens is 310 g/mol. The molecule has 2 N–H and O–H groups in total. The van der Waals surface area contributed by atoms with Gasteiger partial charge >= 0.3 is 0 Å².